The first kappa shape index (κ1) is 25.6. The quantitative estimate of drug-likeness (QED) is 0.305. The van der Waals surface area contributed by atoms with E-state index in [1.807, 2.05) is 0 Å². The van der Waals surface area contributed by atoms with Crippen LogP contribution in [-0.2, 0) is 19.6 Å². The van der Waals surface area contributed by atoms with Crippen molar-refractivity contribution >= 4 is 17.5 Å². The van der Waals surface area contributed by atoms with Crippen LogP contribution < -0.4 is 11.1 Å². The molecule has 5 rings (SSSR count). The van der Waals surface area contributed by atoms with E-state index < -0.39 is 23.5 Å². The minimum Gasteiger partial charge on any atom is -0.382 e. The third kappa shape index (κ3) is 5.61. The number of benzene rings is 2. The highest BCUT2D eigenvalue weighted by Crippen LogP contribution is 2.37. The van der Waals surface area contributed by atoms with Gasteiger partial charge >= 0.3 is 6.18 Å². The van der Waals surface area contributed by atoms with Crippen molar-refractivity contribution in [2.45, 2.75) is 12.6 Å². The molecule has 0 saturated heterocycles. The van der Waals surface area contributed by atoms with Crippen LogP contribution in [0.25, 0.3) is 16.9 Å². The normalized spacial score (nSPS) is 11.5. The third-order valence-electron chi connectivity index (χ3n) is 5.74. The van der Waals surface area contributed by atoms with E-state index >= 15 is 0 Å². The number of amides is 1. The highest BCUT2D eigenvalue weighted by Gasteiger charge is 2.34. The van der Waals surface area contributed by atoms with Crippen LogP contribution in [-0.4, -0.2) is 35.4 Å². The molecule has 0 unspecified atom stereocenters. The van der Waals surface area contributed by atoms with Gasteiger partial charge in [-0.2, -0.15) is 23.4 Å². The van der Waals surface area contributed by atoms with Gasteiger partial charge in [0.2, 0.25) is 0 Å². The number of halogens is 4. The van der Waals surface area contributed by atoms with Crippen LogP contribution in [0.1, 0.15) is 27.3 Å². The van der Waals surface area contributed by atoms with Crippen molar-refractivity contribution in [3.8, 4) is 16.9 Å². The van der Waals surface area contributed by atoms with Gasteiger partial charge in [-0.05, 0) is 48.5 Å². The molecule has 5 aromatic rings. The summed E-state index contributed by atoms with van der Waals surface area (Å²) in [6.45, 7) is 0. The molecule has 2 aromatic carbocycles. The van der Waals surface area contributed by atoms with Crippen LogP contribution in [0.15, 0.2) is 73.2 Å². The fourth-order valence-electron chi connectivity index (χ4n) is 3.92. The maximum absolute atomic E-state index is 13.7. The SMILES string of the molecule is Cn1ccc(-c2cc(C(=O)Nc3cc(Cc4cnc(N)cn4)nn3-c3ccc(F)cc3)ccc2C(F)(F)F)n1. The van der Waals surface area contributed by atoms with Gasteiger partial charge in [0, 0.05) is 36.9 Å². The Balaban J connectivity index is 1.50. The van der Waals surface area contributed by atoms with Crippen molar-refractivity contribution in [2.75, 3.05) is 11.1 Å². The van der Waals surface area contributed by atoms with Gasteiger partial charge in [-0.3, -0.25) is 14.5 Å². The van der Waals surface area contributed by atoms with Gasteiger partial charge in [-0.15, -0.1) is 0 Å². The van der Waals surface area contributed by atoms with Crippen LogP contribution in [0, 0.1) is 5.82 Å². The topological polar surface area (TPSA) is 117 Å². The molecule has 9 nitrogen and oxygen atoms in total. The van der Waals surface area contributed by atoms with Gasteiger partial charge < -0.3 is 11.1 Å². The molecule has 3 heterocycles. The molecule has 198 valence electrons. The first-order chi connectivity index (χ1) is 18.6. The molecule has 0 spiro atoms. The highest BCUT2D eigenvalue weighted by atomic mass is 19.4. The van der Waals surface area contributed by atoms with Crippen LogP contribution in [0.3, 0.4) is 0 Å². The number of nitrogens with two attached hydrogens (primary N) is 1. The van der Waals surface area contributed by atoms with E-state index in [1.54, 1.807) is 13.1 Å². The van der Waals surface area contributed by atoms with Gasteiger partial charge in [-0.25, -0.2) is 14.1 Å². The molecule has 39 heavy (non-hydrogen) atoms. The molecule has 0 aliphatic carbocycles. The van der Waals surface area contributed by atoms with Crippen LogP contribution >= 0.6 is 0 Å². The second-order valence-corrected chi connectivity index (χ2v) is 8.61. The number of aromatic nitrogens is 6. The second kappa shape index (κ2) is 10.0. The zero-order valence-corrected chi connectivity index (χ0v) is 20.3. The molecule has 0 radical (unpaired) electrons. The molecule has 1 amide bonds. The van der Waals surface area contributed by atoms with E-state index in [1.165, 1.54) is 58.3 Å². The first-order valence-electron chi connectivity index (χ1n) is 11.5. The Bertz CT molecular complexity index is 1640. The molecule has 3 N–H and O–H groups in total. The fraction of sp³-hybridized carbons (Fsp3) is 0.115. The summed E-state index contributed by atoms with van der Waals surface area (Å²) in [7, 11) is 1.58. The molecular weight excluding hydrogens is 516 g/mol. The van der Waals surface area contributed by atoms with E-state index in [9.17, 15) is 22.4 Å². The summed E-state index contributed by atoms with van der Waals surface area (Å²) in [4.78, 5) is 21.5. The van der Waals surface area contributed by atoms with Gasteiger partial charge in [0.05, 0.1) is 40.7 Å². The van der Waals surface area contributed by atoms with E-state index in [4.69, 9.17) is 5.73 Å². The number of nitrogens with zero attached hydrogens (tertiary/aromatic N) is 6. The van der Waals surface area contributed by atoms with Crippen molar-refractivity contribution < 1.29 is 22.4 Å². The van der Waals surface area contributed by atoms with Gasteiger partial charge in [0.1, 0.15) is 17.5 Å². The monoisotopic (exact) mass is 536 g/mol. The summed E-state index contributed by atoms with van der Waals surface area (Å²) in [5, 5.41) is 11.3. The summed E-state index contributed by atoms with van der Waals surface area (Å²) in [5.74, 6) is -0.668. The maximum Gasteiger partial charge on any atom is 0.417 e. The number of hydrogen-bond donors (Lipinski definition) is 2. The molecule has 0 aliphatic rings. The Labute approximate surface area is 218 Å². The number of alkyl halides is 3. The zero-order valence-electron chi connectivity index (χ0n) is 20.3. The Morgan fingerprint density at radius 3 is 2.38 bits per heavy atom. The number of carbonyl (C=O) groups excluding carboxylic acids is 1. The number of rotatable bonds is 6. The maximum atomic E-state index is 13.7. The molecule has 0 bridgehead atoms. The molecule has 13 heteroatoms. The van der Waals surface area contributed by atoms with Crippen molar-refractivity contribution in [3.05, 3.63) is 102 Å². The Morgan fingerprint density at radius 2 is 1.74 bits per heavy atom. The van der Waals surface area contributed by atoms with Crippen LogP contribution in [0.2, 0.25) is 0 Å². The van der Waals surface area contributed by atoms with Crippen LogP contribution in [0.4, 0.5) is 29.2 Å². The van der Waals surface area contributed by atoms with E-state index in [0.29, 0.717) is 17.1 Å². The Hall–Kier alpha value is -5.07. The standard InChI is InChI=1S/C26H20F4N8O/c1-37-9-8-22(36-37)20-10-15(2-7-21(20)26(28,29)30)25(39)34-24-12-17(11-18-13-33-23(31)14-32-18)35-38(24)19-5-3-16(27)4-6-19/h2-10,12-14H,11H2,1H3,(H2,31,33)(H,34,39). The minimum atomic E-state index is -4.65. The Kier molecular flexibility index (Phi) is 6.56. The lowest BCUT2D eigenvalue weighted by molar-refractivity contribution is -0.137. The molecule has 0 aliphatic heterocycles. The molecule has 0 atom stereocenters. The summed E-state index contributed by atoms with van der Waals surface area (Å²) in [6.07, 6.45) is -0.00149. The fourth-order valence-corrected chi connectivity index (χ4v) is 3.92. The smallest absolute Gasteiger partial charge is 0.382 e. The van der Waals surface area contributed by atoms with Crippen molar-refractivity contribution in [2.24, 2.45) is 7.05 Å². The minimum absolute atomic E-state index is 0.0264. The van der Waals surface area contributed by atoms with E-state index in [0.717, 1.165) is 18.2 Å². The summed E-state index contributed by atoms with van der Waals surface area (Å²) >= 11 is 0. The number of carbonyl (C=O) groups is 1. The second-order valence-electron chi connectivity index (χ2n) is 8.61. The first-order valence-corrected chi connectivity index (χ1v) is 11.5. The van der Waals surface area contributed by atoms with Crippen molar-refractivity contribution in [1.82, 2.24) is 29.5 Å². The largest absolute Gasteiger partial charge is 0.417 e. The van der Waals surface area contributed by atoms with Crippen molar-refractivity contribution in [3.63, 3.8) is 0 Å². The summed E-state index contributed by atoms with van der Waals surface area (Å²) in [6, 6.07) is 11.5. The molecular formula is C26H20F4N8O. The lowest BCUT2D eigenvalue weighted by atomic mass is 10.0. The average molecular weight is 536 g/mol. The average Bonchev–Trinajstić information content (AvgIpc) is 3.51. The summed E-state index contributed by atoms with van der Waals surface area (Å²) < 4.78 is 57.4. The number of nitrogen functional groups attached to an aromatic ring is 1. The number of anilines is 2. The number of aryl methyl sites for hydroxylation is 1. The van der Waals surface area contributed by atoms with Crippen LogP contribution in [0.5, 0.6) is 0 Å². The van der Waals surface area contributed by atoms with Gasteiger partial charge in [0.25, 0.3) is 5.91 Å². The Morgan fingerprint density at radius 1 is 0.974 bits per heavy atom. The number of hydrogen-bond acceptors (Lipinski definition) is 6. The highest BCUT2D eigenvalue weighted by molar-refractivity contribution is 6.04. The lowest BCUT2D eigenvalue weighted by Crippen LogP contribution is -2.16. The van der Waals surface area contributed by atoms with Gasteiger partial charge in [0.15, 0.2) is 0 Å². The predicted molar refractivity (Wildman–Crippen MR) is 134 cm³/mol. The zero-order chi connectivity index (χ0) is 27.7. The van der Waals surface area contributed by atoms with E-state index in [-0.39, 0.29) is 34.9 Å². The number of nitrogens with one attached hydrogen (secondary N) is 1. The third-order valence-corrected chi connectivity index (χ3v) is 5.74. The van der Waals surface area contributed by atoms with Crippen molar-refractivity contribution in [1.29, 1.82) is 0 Å². The molecule has 0 fully saturated rings. The lowest BCUT2D eigenvalue weighted by Gasteiger charge is -2.14. The molecule has 0 saturated carbocycles. The predicted octanol–water partition coefficient (Wildman–Crippen LogP) is 4.65. The molecule has 3 aromatic heterocycles. The van der Waals surface area contributed by atoms with E-state index in [2.05, 4.69) is 25.5 Å². The summed E-state index contributed by atoms with van der Waals surface area (Å²) in [5.41, 5.74) is 5.99. The van der Waals surface area contributed by atoms with Gasteiger partial charge in [-0.1, -0.05) is 0 Å².